The van der Waals surface area contributed by atoms with Crippen molar-refractivity contribution < 1.29 is 0 Å². The van der Waals surface area contributed by atoms with E-state index in [4.69, 9.17) is 16.6 Å². The molecule has 0 radical (unpaired) electrons. The zero-order valence-corrected chi connectivity index (χ0v) is 17.6. The minimum Gasteiger partial charge on any atom is -0.378 e. The number of anilines is 2. The maximum atomic E-state index is 6.40. The molecule has 0 bridgehead atoms. The molecule has 1 atom stereocenters. The van der Waals surface area contributed by atoms with Crippen LogP contribution in [0.4, 0.5) is 11.4 Å². The third kappa shape index (κ3) is 2.67. The Morgan fingerprint density at radius 3 is 2.59 bits per heavy atom. The first-order chi connectivity index (χ1) is 13.1. The van der Waals surface area contributed by atoms with Crippen molar-refractivity contribution in [3.63, 3.8) is 0 Å². The molecule has 2 aromatic carbocycles. The highest BCUT2D eigenvalue weighted by Crippen LogP contribution is 2.57. The largest absolute Gasteiger partial charge is 0.378 e. The number of hydrogen-bond acceptors (Lipinski definition) is 3. The van der Waals surface area contributed by atoms with Crippen molar-refractivity contribution in [3.05, 3.63) is 53.6 Å². The molecule has 0 amide bonds. The molecule has 3 aliphatic rings. The first-order valence-corrected chi connectivity index (χ1v) is 12.4. The zero-order valence-electron chi connectivity index (χ0n) is 15.9. The predicted octanol–water partition coefficient (Wildman–Crippen LogP) is 3.95. The van der Waals surface area contributed by atoms with Crippen molar-refractivity contribution in [2.45, 2.75) is 25.8 Å². The molecule has 3 aliphatic heterocycles. The Hall–Kier alpha value is -1.68. The molecule has 0 spiro atoms. The van der Waals surface area contributed by atoms with Crippen LogP contribution in [0, 0.1) is 0 Å². The van der Waals surface area contributed by atoms with Crippen molar-refractivity contribution in [1.29, 1.82) is 0 Å². The van der Waals surface area contributed by atoms with Crippen LogP contribution in [0.25, 0.3) is 0 Å². The molecule has 0 N–H and O–H groups in total. The number of hydrogen-bond donors (Lipinski definition) is 0. The van der Waals surface area contributed by atoms with Gasteiger partial charge in [-0.15, -0.1) is 0 Å². The summed E-state index contributed by atoms with van der Waals surface area (Å²) < 4.78 is 7.86. The smallest absolute Gasteiger partial charge is 0.153 e. The van der Waals surface area contributed by atoms with E-state index < -0.39 is 6.34 Å². The van der Waals surface area contributed by atoms with Gasteiger partial charge in [-0.3, -0.25) is 4.67 Å². The molecule has 0 saturated carbocycles. The summed E-state index contributed by atoms with van der Waals surface area (Å²) in [4.78, 5) is 4.54. The lowest BCUT2D eigenvalue weighted by Crippen LogP contribution is -2.38. The zero-order chi connectivity index (χ0) is 18.6. The molecule has 0 aliphatic carbocycles. The van der Waals surface area contributed by atoms with Crippen LogP contribution in [0.5, 0.6) is 0 Å². The lowest BCUT2D eigenvalue weighted by molar-refractivity contribution is 0.370. The predicted molar refractivity (Wildman–Crippen MR) is 119 cm³/mol. The van der Waals surface area contributed by atoms with Crippen molar-refractivity contribution in [3.8, 4) is 0 Å². The monoisotopic (exact) mass is 396 g/mol. The van der Waals surface area contributed by atoms with E-state index in [9.17, 15) is 0 Å². The molecule has 1 fully saturated rings. The first-order valence-electron chi connectivity index (χ1n) is 9.71. The van der Waals surface area contributed by atoms with Gasteiger partial charge in [-0.2, -0.15) is 0 Å². The van der Waals surface area contributed by atoms with Crippen LogP contribution >= 0.6 is 6.34 Å². The molecule has 6 heteroatoms. The lowest BCUT2D eigenvalue weighted by atomic mass is 10.1. The van der Waals surface area contributed by atoms with Crippen molar-refractivity contribution in [2.75, 3.05) is 37.0 Å². The number of fused-ring (bicyclic) bond motifs is 5. The van der Waals surface area contributed by atoms with E-state index in [1.54, 1.807) is 0 Å². The summed E-state index contributed by atoms with van der Waals surface area (Å²) in [6.45, 7) is 3.03. The molecule has 2 aromatic rings. The van der Waals surface area contributed by atoms with Crippen LogP contribution in [0.3, 0.4) is 0 Å². The van der Waals surface area contributed by atoms with Gasteiger partial charge in [0.2, 0.25) is 0 Å². The summed E-state index contributed by atoms with van der Waals surface area (Å²) in [6.07, 6.45) is 1.61. The molecule has 0 unspecified atom stereocenters. The van der Waals surface area contributed by atoms with Gasteiger partial charge in [0.05, 0.1) is 12.2 Å². The van der Waals surface area contributed by atoms with Gasteiger partial charge in [0.15, 0.2) is 6.34 Å². The third-order valence-corrected chi connectivity index (χ3v) is 10.0. The summed E-state index contributed by atoms with van der Waals surface area (Å²) in [5, 5.41) is 1.27. The van der Waals surface area contributed by atoms with Crippen molar-refractivity contribution in [2.24, 2.45) is 4.76 Å². The molecule has 3 heterocycles. The van der Waals surface area contributed by atoms with Crippen molar-refractivity contribution >= 4 is 40.7 Å². The maximum absolute atomic E-state index is 6.40. The van der Waals surface area contributed by atoms with E-state index in [2.05, 4.69) is 71.0 Å². The summed E-state index contributed by atoms with van der Waals surface area (Å²) in [5.41, 5.74) is 5.08. The standard InChI is InChI=1S/C21H25N4PS/c1-23(2)17-10-11-20-19(14-17)25-15-16-8-4-5-9-18(16)21(25)22-26(20,27)24-12-6-3-7-13-24/h4-5,8-11,14H,3,6-7,12-13,15H2,1-2H3/t26-/m0/s1. The molecule has 27 heavy (non-hydrogen) atoms. The lowest BCUT2D eigenvalue weighted by Gasteiger charge is -2.41. The van der Waals surface area contributed by atoms with Gasteiger partial charge in [0.1, 0.15) is 5.84 Å². The quantitative estimate of drug-likeness (QED) is 0.717. The number of rotatable bonds is 2. The second kappa shape index (κ2) is 6.44. The minimum atomic E-state index is -2.16. The van der Waals surface area contributed by atoms with E-state index in [1.807, 2.05) is 0 Å². The van der Waals surface area contributed by atoms with Crippen LogP contribution in [-0.4, -0.2) is 37.7 Å². The number of nitrogens with zero attached hydrogens (tertiary/aromatic N) is 4. The molecule has 1 saturated heterocycles. The van der Waals surface area contributed by atoms with Gasteiger partial charge in [0.25, 0.3) is 0 Å². The summed E-state index contributed by atoms with van der Waals surface area (Å²) in [7, 11) is 4.19. The SMILES string of the molecule is CN(C)c1ccc2c(c1)N1Cc3ccccc3C1=N[P@]2(=S)N1CCCCC1. The van der Waals surface area contributed by atoms with Gasteiger partial charge < -0.3 is 9.80 Å². The Bertz CT molecular complexity index is 978. The summed E-state index contributed by atoms with van der Waals surface area (Å²) >= 11 is 6.40. The second-order valence-corrected chi connectivity index (χ2v) is 11.7. The van der Waals surface area contributed by atoms with Gasteiger partial charge in [-0.1, -0.05) is 42.5 Å². The molecule has 0 aromatic heterocycles. The van der Waals surface area contributed by atoms with E-state index in [1.165, 1.54) is 47.1 Å². The minimum absolute atomic E-state index is 0.883. The fraction of sp³-hybridized carbons (Fsp3) is 0.381. The normalized spacial score (nSPS) is 24.1. The molecule has 4 nitrogen and oxygen atoms in total. The highest BCUT2D eigenvalue weighted by Gasteiger charge is 2.40. The van der Waals surface area contributed by atoms with Crippen LogP contribution in [0.1, 0.15) is 30.4 Å². The second-order valence-electron chi connectivity index (χ2n) is 7.79. The van der Waals surface area contributed by atoms with Crippen molar-refractivity contribution in [1.82, 2.24) is 4.67 Å². The number of benzene rings is 2. The highest BCUT2D eigenvalue weighted by atomic mass is 32.4. The van der Waals surface area contributed by atoms with Crippen LogP contribution < -0.4 is 15.1 Å². The van der Waals surface area contributed by atoms with Gasteiger partial charge in [-0.25, -0.2) is 4.76 Å². The fourth-order valence-electron chi connectivity index (χ4n) is 4.37. The Balaban J connectivity index is 1.72. The summed E-state index contributed by atoms with van der Waals surface area (Å²) in [5.74, 6) is 1.09. The van der Waals surface area contributed by atoms with E-state index in [0.29, 0.717) is 0 Å². The topological polar surface area (TPSA) is 22.1 Å². The van der Waals surface area contributed by atoms with Crippen LogP contribution in [0.15, 0.2) is 47.2 Å². The molecule has 140 valence electrons. The number of amidine groups is 1. The summed E-state index contributed by atoms with van der Waals surface area (Å²) in [6, 6.07) is 15.4. The van der Waals surface area contributed by atoms with Gasteiger partial charge >= 0.3 is 0 Å². The first kappa shape index (κ1) is 17.4. The Labute approximate surface area is 166 Å². The van der Waals surface area contributed by atoms with E-state index in [-0.39, 0.29) is 0 Å². The highest BCUT2D eigenvalue weighted by molar-refractivity contribution is 8.16. The molecular formula is C21H25N4PS. The molecular weight excluding hydrogens is 371 g/mol. The van der Waals surface area contributed by atoms with Gasteiger partial charge in [-0.05, 0) is 36.6 Å². The Morgan fingerprint density at radius 1 is 1.04 bits per heavy atom. The molecule has 5 rings (SSSR count). The van der Waals surface area contributed by atoms with E-state index in [0.717, 1.165) is 25.5 Å². The Morgan fingerprint density at radius 2 is 1.81 bits per heavy atom. The Kier molecular flexibility index (Phi) is 4.15. The van der Waals surface area contributed by atoms with E-state index >= 15 is 0 Å². The average molecular weight is 397 g/mol. The number of piperidine rings is 1. The van der Waals surface area contributed by atoms with Crippen LogP contribution in [0.2, 0.25) is 0 Å². The third-order valence-electron chi connectivity index (χ3n) is 5.87. The van der Waals surface area contributed by atoms with Gasteiger partial charge in [0, 0.05) is 43.7 Å². The fourth-order valence-corrected chi connectivity index (χ4v) is 8.15. The maximum Gasteiger partial charge on any atom is 0.153 e. The average Bonchev–Trinajstić information content (AvgIpc) is 3.07. The van der Waals surface area contributed by atoms with Crippen LogP contribution in [-0.2, 0) is 18.4 Å².